The number of aliphatic hydroxyl groups is 1. The minimum atomic E-state index is -1.60. The highest BCUT2D eigenvalue weighted by molar-refractivity contribution is 7.80. The summed E-state index contributed by atoms with van der Waals surface area (Å²) in [7, 11) is 0. The number of thiol groups is 1. The lowest BCUT2D eigenvalue weighted by Gasteiger charge is -2.34. The molecular formula is C51H92N16O17S. The number of aliphatic carboxylic acids is 1. The van der Waals surface area contributed by atoms with Crippen LogP contribution >= 0.6 is 12.6 Å². The molecule has 0 rings (SSSR count). The minimum absolute atomic E-state index is 0.0354. The minimum Gasteiger partial charge on any atom is -0.480 e. The molecule has 0 aromatic carbocycles. The van der Waals surface area contributed by atoms with Gasteiger partial charge in [-0.15, -0.1) is 0 Å². The van der Waals surface area contributed by atoms with Crippen LogP contribution < -0.4 is 61.0 Å². The third-order valence-corrected chi connectivity index (χ3v) is 13.9. The van der Waals surface area contributed by atoms with Crippen molar-refractivity contribution in [1.82, 2.24) is 51.1 Å². The maximum absolute atomic E-state index is 14.1. The first kappa shape index (κ1) is 77.6. The van der Waals surface area contributed by atoms with Crippen LogP contribution in [0.5, 0.6) is 0 Å². The number of carbonyl (C=O) groups excluding carboxylic acids is 12. The van der Waals surface area contributed by atoms with Crippen molar-refractivity contribution in [3.05, 3.63) is 0 Å². The number of nitrogens with two attached hydrogens (primary N) is 6. The zero-order valence-corrected chi connectivity index (χ0v) is 50.2. The molecule has 0 aliphatic heterocycles. The molecule has 1 unspecified atom stereocenters. The van der Waals surface area contributed by atoms with Crippen molar-refractivity contribution in [2.24, 2.45) is 46.2 Å². The van der Waals surface area contributed by atoms with Crippen molar-refractivity contribution in [2.75, 3.05) is 90.9 Å². The highest BCUT2D eigenvalue weighted by atomic mass is 32.1. The van der Waals surface area contributed by atoms with Crippen molar-refractivity contribution in [3.8, 4) is 0 Å². The van der Waals surface area contributed by atoms with Crippen molar-refractivity contribution >= 4 is 95.6 Å². The number of rotatable bonds is 47. The lowest BCUT2D eigenvalue weighted by atomic mass is 10.0. The average molecular weight is 1230 g/mol. The lowest BCUT2D eigenvalue weighted by Crippen LogP contribution is -2.56. The van der Waals surface area contributed by atoms with E-state index in [0.717, 1.165) is 4.90 Å². The average Bonchev–Trinajstić information content (AvgIpc) is 3.59. The van der Waals surface area contributed by atoms with Crippen molar-refractivity contribution in [3.63, 3.8) is 0 Å². The van der Waals surface area contributed by atoms with Gasteiger partial charge >= 0.3 is 12.1 Å². The van der Waals surface area contributed by atoms with E-state index < -0.39 is 145 Å². The molecular weight excluding hydrogens is 1140 g/mol. The number of aliphatic hydroxyl groups excluding tert-OH is 1. The number of carboxylic acid groups (broad SMARTS) is 2. The zero-order chi connectivity index (χ0) is 65.1. The van der Waals surface area contributed by atoms with Gasteiger partial charge in [-0.1, -0.05) is 27.7 Å². The van der Waals surface area contributed by atoms with Crippen LogP contribution in [0.2, 0.25) is 0 Å². The Morgan fingerprint density at radius 2 is 0.871 bits per heavy atom. The largest absolute Gasteiger partial charge is 0.480 e. The normalized spacial score (nSPS) is 13.6. The fraction of sp³-hybridized carbons (Fsp3) is 0.725. The number of carbonyl (C=O) groups is 14. The topological polar surface area (TPSA) is 532 Å². The Labute approximate surface area is 499 Å². The molecule has 0 spiro atoms. The summed E-state index contributed by atoms with van der Waals surface area (Å²) in [5.74, 6) is -11.1. The standard InChI is InChI=1S/C51H92N16O17S/c1-6-31(4)49(80)66(25-18-59-45(76)33(52)7-10-38(53)69)35(9-12-40(55)71)47(78)60-15-22-63(20-13-41(56)72)32(5)44(75)58-16-23-64(21-14-42(57)73)34(8-11-39(54)70)46(77)61-17-24-65(43(74)27-30(2)3)36(28-68)48(79)62-19-26-67(51(83)84)37(29-85)50(81)82/h30-37,68,85H,6-29,52H2,1-5H3,(H2,53,69)(H2,54,70)(H2,55,71)(H2,56,72)(H2,57,73)(H,58,75)(H,59,76)(H,60,78)(H,61,77)(H,62,79)(H,81,82)(H,83,84)/t31?,32-,33-,34-,35-,36-,37-/m0/s1. The van der Waals surface area contributed by atoms with Crippen LogP contribution in [-0.4, -0.2) is 250 Å². The van der Waals surface area contributed by atoms with E-state index in [0.29, 0.717) is 11.3 Å². The van der Waals surface area contributed by atoms with E-state index in [4.69, 9.17) is 34.4 Å². The quantitative estimate of drug-likeness (QED) is 0.0252. The Kier molecular flexibility index (Phi) is 37.9. The molecule has 0 aromatic heterocycles. The van der Waals surface area contributed by atoms with Gasteiger partial charge in [0, 0.05) is 129 Å². The molecule has 13 amide bonds. The molecule has 33 nitrogen and oxygen atoms in total. The molecule has 0 bridgehead atoms. The summed E-state index contributed by atoms with van der Waals surface area (Å²) >= 11 is 3.90. The van der Waals surface area contributed by atoms with Gasteiger partial charge in [-0.3, -0.25) is 72.2 Å². The van der Waals surface area contributed by atoms with Crippen LogP contribution in [0.3, 0.4) is 0 Å². The van der Waals surface area contributed by atoms with Crippen LogP contribution in [0, 0.1) is 11.8 Å². The number of hydrogen-bond acceptors (Lipinski definition) is 19. The molecule has 34 heteroatoms. The predicted molar refractivity (Wildman–Crippen MR) is 309 cm³/mol. The monoisotopic (exact) mass is 1230 g/mol. The van der Waals surface area contributed by atoms with E-state index in [1.165, 1.54) is 21.6 Å². The van der Waals surface area contributed by atoms with Gasteiger partial charge in [0.15, 0.2) is 0 Å². The van der Waals surface area contributed by atoms with Gasteiger partial charge in [-0.2, -0.15) is 12.6 Å². The Bertz CT molecular complexity index is 2270. The molecule has 0 fully saturated rings. The van der Waals surface area contributed by atoms with Crippen molar-refractivity contribution in [2.45, 2.75) is 135 Å². The first-order chi connectivity index (χ1) is 39.8. The van der Waals surface area contributed by atoms with E-state index in [-0.39, 0.29) is 135 Å². The summed E-state index contributed by atoms with van der Waals surface area (Å²) in [6.45, 7) is 4.61. The Hall–Kier alpha value is -7.43. The summed E-state index contributed by atoms with van der Waals surface area (Å²) in [4.78, 5) is 184. The van der Waals surface area contributed by atoms with Crippen LogP contribution in [-0.2, 0) is 62.3 Å². The molecule has 0 aliphatic carbocycles. The van der Waals surface area contributed by atoms with Gasteiger partial charge in [0.25, 0.3) is 0 Å². The molecule has 7 atom stereocenters. The molecule has 85 heavy (non-hydrogen) atoms. The highest BCUT2D eigenvalue weighted by Crippen LogP contribution is 2.16. The molecule has 20 N–H and O–H groups in total. The molecule has 0 saturated carbocycles. The van der Waals surface area contributed by atoms with E-state index >= 15 is 0 Å². The fourth-order valence-electron chi connectivity index (χ4n) is 8.48. The molecule has 0 aliphatic rings. The first-order valence-corrected chi connectivity index (χ1v) is 28.6. The predicted octanol–water partition coefficient (Wildman–Crippen LogP) is -6.35. The van der Waals surface area contributed by atoms with E-state index in [2.05, 4.69) is 39.2 Å². The second-order valence-electron chi connectivity index (χ2n) is 20.5. The summed E-state index contributed by atoms with van der Waals surface area (Å²) in [5, 5.41) is 42.5. The number of carboxylic acids is 1. The van der Waals surface area contributed by atoms with Crippen LogP contribution in [0.1, 0.15) is 98.8 Å². The second kappa shape index (κ2) is 41.6. The second-order valence-corrected chi connectivity index (χ2v) is 20.9. The van der Waals surface area contributed by atoms with Crippen molar-refractivity contribution in [1.29, 1.82) is 0 Å². The van der Waals surface area contributed by atoms with E-state index in [1.807, 2.05) is 0 Å². The van der Waals surface area contributed by atoms with Crippen molar-refractivity contribution < 1.29 is 82.4 Å². The highest BCUT2D eigenvalue weighted by Gasteiger charge is 2.35. The molecule has 0 saturated heterocycles. The lowest BCUT2D eigenvalue weighted by molar-refractivity contribution is -0.144. The first-order valence-electron chi connectivity index (χ1n) is 27.9. The Morgan fingerprint density at radius 3 is 1.32 bits per heavy atom. The number of nitrogens with one attached hydrogen (secondary N) is 5. The Balaban J connectivity index is 6.51. The van der Waals surface area contributed by atoms with Gasteiger partial charge in [0.1, 0.15) is 18.1 Å². The fourth-order valence-corrected chi connectivity index (χ4v) is 8.84. The molecule has 0 radical (unpaired) electrons. The van der Waals surface area contributed by atoms with Gasteiger partial charge in [0.05, 0.1) is 24.7 Å². The summed E-state index contributed by atoms with van der Waals surface area (Å²) in [6, 6.07) is -7.72. The van der Waals surface area contributed by atoms with E-state index in [1.54, 1.807) is 27.7 Å². The van der Waals surface area contributed by atoms with E-state index in [9.17, 15) is 82.4 Å². The third-order valence-electron chi connectivity index (χ3n) is 13.5. The number of primary amides is 5. The van der Waals surface area contributed by atoms with Crippen LogP contribution in [0.25, 0.3) is 0 Å². The third kappa shape index (κ3) is 30.8. The number of amides is 13. The SMILES string of the molecule is CCC(C)C(=O)N(CCNC(=O)[C@@H](N)CCC(N)=O)[C@@H](CCC(N)=O)C(=O)NCCN(CCC(N)=O)[C@@H](C)C(=O)NCCN(CCC(N)=O)[C@@H](CCC(N)=O)C(=O)NCCN(C(=O)CC(C)C)[C@@H](CO)C(=O)NCCN(C(=O)O)[C@@H](CS)C(=O)O. The van der Waals surface area contributed by atoms with Gasteiger partial charge < -0.3 is 86.1 Å². The van der Waals surface area contributed by atoms with Crippen LogP contribution in [0.15, 0.2) is 0 Å². The maximum atomic E-state index is 14.1. The van der Waals surface area contributed by atoms with Crippen LogP contribution in [0.4, 0.5) is 4.79 Å². The molecule has 0 heterocycles. The summed E-state index contributed by atoms with van der Waals surface area (Å²) in [5.41, 5.74) is 32.9. The van der Waals surface area contributed by atoms with Gasteiger partial charge in [-0.25, -0.2) is 9.59 Å². The summed E-state index contributed by atoms with van der Waals surface area (Å²) < 4.78 is 0. The zero-order valence-electron chi connectivity index (χ0n) is 49.3. The molecule has 0 aromatic rings. The summed E-state index contributed by atoms with van der Waals surface area (Å²) in [6.07, 6.45) is -3.10. The molecule has 484 valence electrons. The maximum Gasteiger partial charge on any atom is 0.408 e. The number of hydrogen-bond donors (Lipinski definition) is 15. The Morgan fingerprint density at radius 1 is 0.471 bits per heavy atom. The smallest absolute Gasteiger partial charge is 0.408 e. The van der Waals surface area contributed by atoms with Gasteiger partial charge in [-0.05, 0) is 38.5 Å². The van der Waals surface area contributed by atoms with Gasteiger partial charge in [0.2, 0.25) is 70.9 Å². The number of nitrogens with zero attached hydrogens (tertiary/aromatic N) is 5.